The molecular weight excluding hydrogens is 418 g/mol. The average Bonchev–Trinajstić information content (AvgIpc) is 3.26. The average molecular weight is 432 g/mol. The molecule has 0 saturated carbocycles. The van der Waals surface area contributed by atoms with E-state index in [0.29, 0.717) is 16.5 Å². The van der Waals surface area contributed by atoms with Gasteiger partial charge in [0, 0.05) is 16.5 Å². The molecule has 0 unspecified atom stereocenters. The third-order valence-electron chi connectivity index (χ3n) is 4.05. The summed E-state index contributed by atoms with van der Waals surface area (Å²) in [5, 5.41) is 6.86. The van der Waals surface area contributed by atoms with Crippen LogP contribution in [0.15, 0.2) is 35.7 Å². The van der Waals surface area contributed by atoms with Gasteiger partial charge in [-0.2, -0.15) is 0 Å². The molecule has 6 nitrogen and oxygen atoms in total. The van der Waals surface area contributed by atoms with Gasteiger partial charge in [-0.1, -0.05) is 11.6 Å². The number of aromatic nitrogens is 1. The monoisotopic (exact) mass is 431 g/mol. The second-order valence-corrected chi connectivity index (χ2v) is 8.60. The predicted molar refractivity (Wildman–Crippen MR) is 114 cm³/mol. The molecule has 2 amide bonds. The fourth-order valence-corrected chi connectivity index (χ4v) is 4.87. The van der Waals surface area contributed by atoms with Gasteiger partial charge in [0.15, 0.2) is 6.61 Å². The van der Waals surface area contributed by atoms with Crippen LogP contribution in [0.4, 0.5) is 5.69 Å². The Hall–Kier alpha value is -2.68. The number of thiophene rings is 1. The lowest BCUT2D eigenvalue weighted by molar-refractivity contribution is -0.118. The lowest BCUT2D eigenvalue weighted by Crippen LogP contribution is -2.23. The van der Waals surface area contributed by atoms with Crippen molar-refractivity contribution < 1.29 is 14.3 Å². The van der Waals surface area contributed by atoms with Crippen LogP contribution in [0.25, 0.3) is 20.3 Å². The van der Waals surface area contributed by atoms with Gasteiger partial charge in [-0.15, -0.1) is 22.7 Å². The zero-order chi connectivity index (χ0) is 19.8. The van der Waals surface area contributed by atoms with Gasteiger partial charge >= 0.3 is 0 Å². The van der Waals surface area contributed by atoms with Crippen molar-refractivity contribution in [2.24, 2.45) is 5.73 Å². The number of amides is 2. The molecule has 0 aliphatic carbocycles. The van der Waals surface area contributed by atoms with Crippen LogP contribution in [0.1, 0.15) is 15.4 Å². The minimum absolute atomic E-state index is 0.141. The maximum Gasteiger partial charge on any atom is 0.262 e. The number of halogens is 1. The van der Waals surface area contributed by atoms with Crippen LogP contribution >= 0.6 is 34.3 Å². The summed E-state index contributed by atoms with van der Waals surface area (Å²) < 4.78 is 7.83. The van der Waals surface area contributed by atoms with Gasteiger partial charge in [-0.3, -0.25) is 9.59 Å². The summed E-state index contributed by atoms with van der Waals surface area (Å²) in [6.07, 6.45) is 0. The summed E-state index contributed by atoms with van der Waals surface area (Å²) in [5.41, 5.74) is 6.73. The van der Waals surface area contributed by atoms with Crippen LogP contribution in [0.3, 0.4) is 0 Å². The van der Waals surface area contributed by atoms with E-state index in [0.717, 1.165) is 25.3 Å². The predicted octanol–water partition coefficient (Wildman–Crippen LogP) is 4.59. The molecule has 0 saturated heterocycles. The normalized spacial score (nSPS) is 11.1. The van der Waals surface area contributed by atoms with E-state index in [1.165, 1.54) is 12.1 Å². The molecule has 2 aromatic carbocycles. The molecule has 0 aliphatic heterocycles. The van der Waals surface area contributed by atoms with Crippen molar-refractivity contribution in [3.05, 3.63) is 51.3 Å². The first-order valence-electron chi connectivity index (χ1n) is 8.21. The van der Waals surface area contributed by atoms with E-state index in [-0.39, 0.29) is 12.2 Å². The van der Waals surface area contributed by atoms with E-state index >= 15 is 0 Å². The molecule has 4 aromatic rings. The molecule has 142 valence electrons. The Labute approximate surface area is 172 Å². The number of hydrogen-bond acceptors (Lipinski definition) is 6. The minimum atomic E-state index is -0.676. The lowest BCUT2D eigenvalue weighted by Gasteiger charge is -2.11. The van der Waals surface area contributed by atoms with E-state index in [1.807, 2.05) is 24.4 Å². The number of carbonyl (C=O) groups excluding carboxylic acids is 2. The Morgan fingerprint density at radius 2 is 2.11 bits per heavy atom. The standard InChI is InChI=1S/C19H14ClN3O3S2/c1-9-22-17-15(28-9)7-14(11-4-5-27-18(11)17)26-8-16(24)23-13-3-2-10(20)6-12(13)19(21)25/h2-7H,8H2,1H3,(H2,21,25)(H,23,24). The van der Waals surface area contributed by atoms with Crippen molar-refractivity contribution in [3.63, 3.8) is 0 Å². The Bertz CT molecular complexity index is 1230. The molecule has 0 radical (unpaired) electrons. The maximum absolute atomic E-state index is 12.4. The number of primary amides is 1. The van der Waals surface area contributed by atoms with Gasteiger partial charge in [-0.25, -0.2) is 4.98 Å². The van der Waals surface area contributed by atoms with Crippen molar-refractivity contribution >= 4 is 72.1 Å². The van der Waals surface area contributed by atoms with Gasteiger partial charge in [-0.05, 0) is 36.6 Å². The van der Waals surface area contributed by atoms with E-state index < -0.39 is 11.8 Å². The molecule has 0 aliphatic rings. The molecule has 28 heavy (non-hydrogen) atoms. The van der Waals surface area contributed by atoms with Gasteiger partial charge < -0.3 is 15.8 Å². The van der Waals surface area contributed by atoms with Crippen molar-refractivity contribution in [2.45, 2.75) is 6.92 Å². The molecular formula is C19H14ClN3O3S2. The first kappa shape index (κ1) is 18.7. The van der Waals surface area contributed by atoms with Crippen LogP contribution in [0.2, 0.25) is 5.02 Å². The number of carbonyl (C=O) groups is 2. The largest absolute Gasteiger partial charge is 0.483 e. The summed E-state index contributed by atoms with van der Waals surface area (Å²) in [5.74, 6) is -0.465. The Balaban J connectivity index is 1.55. The van der Waals surface area contributed by atoms with Crippen LogP contribution in [-0.2, 0) is 4.79 Å². The zero-order valence-electron chi connectivity index (χ0n) is 14.6. The summed E-state index contributed by atoms with van der Waals surface area (Å²) >= 11 is 9.05. The third-order valence-corrected chi connectivity index (χ3v) is 6.12. The molecule has 4 rings (SSSR count). The highest BCUT2D eigenvalue weighted by atomic mass is 35.5. The molecule has 2 heterocycles. The Morgan fingerprint density at radius 1 is 1.29 bits per heavy atom. The van der Waals surface area contributed by atoms with Crippen molar-refractivity contribution in [3.8, 4) is 5.75 Å². The summed E-state index contributed by atoms with van der Waals surface area (Å²) in [4.78, 5) is 28.5. The van der Waals surface area contributed by atoms with E-state index in [2.05, 4.69) is 10.3 Å². The SMILES string of the molecule is Cc1nc2c(cc(OCC(=O)Nc3ccc(Cl)cc3C(N)=O)c3ccsc32)s1. The molecule has 0 atom stereocenters. The Morgan fingerprint density at radius 3 is 2.89 bits per heavy atom. The van der Waals surface area contributed by atoms with Crippen LogP contribution in [0, 0.1) is 6.92 Å². The van der Waals surface area contributed by atoms with Gasteiger partial charge in [0.05, 0.1) is 31.2 Å². The fourth-order valence-electron chi connectivity index (χ4n) is 2.87. The second-order valence-electron chi connectivity index (χ2n) is 6.01. The number of benzene rings is 2. The van der Waals surface area contributed by atoms with Gasteiger partial charge in [0.1, 0.15) is 5.75 Å². The quantitative estimate of drug-likeness (QED) is 0.483. The summed E-state index contributed by atoms with van der Waals surface area (Å²) in [6.45, 7) is 1.75. The molecule has 0 fully saturated rings. The first-order valence-corrected chi connectivity index (χ1v) is 10.3. The molecule has 0 bridgehead atoms. The van der Waals surface area contributed by atoms with Crippen molar-refractivity contribution in [1.29, 1.82) is 0 Å². The van der Waals surface area contributed by atoms with E-state index in [9.17, 15) is 9.59 Å². The number of rotatable bonds is 5. The smallest absolute Gasteiger partial charge is 0.262 e. The number of aryl methyl sites for hydroxylation is 1. The van der Waals surface area contributed by atoms with Crippen molar-refractivity contribution in [1.82, 2.24) is 4.98 Å². The van der Waals surface area contributed by atoms with E-state index in [1.54, 1.807) is 28.7 Å². The maximum atomic E-state index is 12.4. The van der Waals surface area contributed by atoms with Gasteiger partial charge in [0.25, 0.3) is 11.8 Å². The highest BCUT2D eigenvalue weighted by Crippen LogP contribution is 2.38. The number of nitrogens with one attached hydrogen (secondary N) is 1. The number of nitrogens with zero attached hydrogens (tertiary/aromatic N) is 1. The number of hydrogen-bond donors (Lipinski definition) is 2. The van der Waals surface area contributed by atoms with Crippen LogP contribution < -0.4 is 15.8 Å². The first-order chi connectivity index (χ1) is 13.4. The number of ether oxygens (including phenoxy) is 1. The number of nitrogens with two attached hydrogens (primary N) is 1. The molecule has 3 N–H and O–H groups in total. The summed E-state index contributed by atoms with van der Waals surface area (Å²) in [6, 6.07) is 8.36. The van der Waals surface area contributed by atoms with Crippen molar-refractivity contribution in [2.75, 3.05) is 11.9 Å². The number of fused-ring (bicyclic) bond motifs is 3. The lowest BCUT2D eigenvalue weighted by atomic mass is 10.1. The molecule has 0 spiro atoms. The van der Waals surface area contributed by atoms with Crippen LogP contribution in [0.5, 0.6) is 5.75 Å². The minimum Gasteiger partial charge on any atom is -0.483 e. The van der Waals surface area contributed by atoms with Gasteiger partial charge in [0.2, 0.25) is 0 Å². The fraction of sp³-hybridized carbons (Fsp3) is 0.105. The highest BCUT2D eigenvalue weighted by Gasteiger charge is 2.15. The highest BCUT2D eigenvalue weighted by molar-refractivity contribution is 7.21. The second kappa shape index (κ2) is 7.38. The number of thiazole rings is 1. The molecule has 9 heteroatoms. The molecule has 2 aromatic heterocycles. The van der Waals surface area contributed by atoms with Crippen LogP contribution in [-0.4, -0.2) is 23.4 Å². The Kier molecular flexibility index (Phi) is 4.92. The van der Waals surface area contributed by atoms with E-state index in [4.69, 9.17) is 22.1 Å². The third kappa shape index (κ3) is 3.54. The topological polar surface area (TPSA) is 94.3 Å². The zero-order valence-corrected chi connectivity index (χ0v) is 17.0. The number of anilines is 1. The summed E-state index contributed by atoms with van der Waals surface area (Å²) in [7, 11) is 0.